The summed E-state index contributed by atoms with van der Waals surface area (Å²) in [6, 6.07) is 22.7. The van der Waals surface area contributed by atoms with Gasteiger partial charge < -0.3 is 23.2 Å². The van der Waals surface area contributed by atoms with Gasteiger partial charge in [-0.15, -0.1) is 0 Å². The van der Waals surface area contributed by atoms with E-state index in [1.165, 1.54) is 22.8 Å². The number of hydrogen-bond donors (Lipinski definition) is 2. The minimum atomic E-state index is -0.367. The van der Waals surface area contributed by atoms with Crippen LogP contribution in [0.1, 0.15) is 191 Å². The third-order valence-electron chi connectivity index (χ3n) is 14.1. The third kappa shape index (κ3) is 4.84. The quantitative estimate of drug-likeness (QED) is 0.154. The fourth-order valence-electron chi connectivity index (χ4n) is 9.98. The Balaban J connectivity index is 1.67. The number of aromatic amines is 2. The molecule has 0 fully saturated rings. The third-order valence-corrected chi connectivity index (χ3v) is 14.1. The lowest BCUT2D eigenvalue weighted by molar-refractivity contribution is 0.257. The largest absolute Gasteiger partial charge is 0.464 e. The summed E-state index contributed by atoms with van der Waals surface area (Å²) in [5, 5.41) is 0. The molecule has 50 heavy (non-hydrogen) atoms. The number of rotatable bonds is 10. The first-order valence-corrected chi connectivity index (χ1v) is 19.9. The first-order valence-electron chi connectivity index (χ1n) is 19.9. The van der Waals surface area contributed by atoms with E-state index in [2.05, 4.69) is 140 Å². The summed E-state index contributed by atoms with van der Waals surface area (Å²) < 4.78 is 21.3. The van der Waals surface area contributed by atoms with E-state index in [-0.39, 0.29) is 27.1 Å². The fourth-order valence-corrected chi connectivity index (χ4v) is 9.98. The van der Waals surface area contributed by atoms with E-state index in [4.69, 9.17) is 13.3 Å². The molecule has 5 aromatic rings. The first-order chi connectivity index (χ1) is 24.2. The van der Waals surface area contributed by atoms with Gasteiger partial charge >= 0.3 is 0 Å². The number of H-pyrrole nitrogens is 2. The molecule has 5 heteroatoms. The van der Waals surface area contributed by atoms with E-state index in [1.54, 1.807) is 0 Å². The van der Waals surface area contributed by atoms with Crippen molar-refractivity contribution in [3.05, 3.63) is 118 Å². The van der Waals surface area contributed by atoms with Gasteiger partial charge in [-0.05, 0) is 125 Å². The van der Waals surface area contributed by atoms with E-state index in [0.717, 1.165) is 98.8 Å². The van der Waals surface area contributed by atoms with Gasteiger partial charge in [-0.2, -0.15) is 0 Å². The molecule has 5 nitrogen and oxygen atoms in total. The molecule has 1 aliphatic rings. The second-order valence-electron chi connectivity index (χ2n) is 15.0. The second-order valence-corrected chi connectivity index (χ2v) is 15.0. The van der Waals surface area contributed by atoms with Crippen LogP contribution < -0.4 is 0 Å². The molecule has 270 valence electrons. The van der Waals surface area contributed by atoms with Gasteiger partial charge in [-0.1, -0.05) is 69.2 Å². The fraction of sp³-hybridized carbons (Fsp3) is 0.556. The van der Waals surface area contributed by atoms with Crippen LogP contribution in [0.3, 0.4) is 0 Å². The highest BCUT2D eigenvalue weighted by atomic mass is 16.4. The molecule has 0 aromatic carbocycles. The van der Waals surface area contributed by atoms with Crippen molar-refractivity contribution in [2.75, 3.05) is 0 Å². The van der Waals surface area contributed by atoms with Gasteiger partial charge in [0, 0.05) is 22.8 Å². The predicted molar refractivity (Wildman–Crippen MR) is 205 cm³/mol. The maximum atomic E-state index is 7.12. The van der Waals surface area contributed by atoms with Crippen molar-refractivity contribution in [3.63, 3.8) is 0 Å². The summed E-state index contributed by atoms with van der Waals surface area (Å²) in [5.41, 5.74) is 3.33. The van der Waals surface area contributed by atoms with Gasteiger partial charge in [0.2, 0.25) is 0 Å². The van der Waals surface area contributed by atoms with E-state index in [1.807, 2.05) is 0 Å². The van der Waals surface area contributed by atoms with Gasteiger partial charge in [0.1, 0.15) is 34.6 Å². The van der Waals surface area contributed by atoms with E-state index in [0.29, 0.717) is 0 Å². The predicted octanol–water partition coefficient (Wildman–Crippen LogP) is 13.0. The van der Waals surface area contributed by atoms with Crippen molar-refractivity contribution in [3.8, 4) is 0 Å². The highest BCUT2D eigenvalue weighted by Crippen LogP contribution is 2.50. The number of fused-ring (bicyclic) bond motifs is 10. The highest BCUT2D eigenvalue weighted by Gasteiger charge is 2.46. The van der Waals surface area contributed by atoms with Crippen LogP contribution in [0.15, 0.2) is 73.9 Å². The lowest BCUT2D eigenvalue weighted by Gasteiger charge is -2.33. The monoisotopic (exact) mass is 678 g/mol. The normalized spacial score (nSPS) is 18.6. The molecule has 0 spiro atoms. The van der Waals surface area contributed by atoms with Crippen molar-refractivity contribution in [2.24, 2.45) is 0 Å². The molecule has 2 N–H and O–H groups in total. The standard InChI is InChI=1S/C45H62N2O3/c1-11-41(12-2)31-21-23-33(46-31)43(15-5,16-6)37-27-29-39(49-37)45(19-9,20-10)40-30-28-38(50-40)44(17-7,18-8)34-24-22-32(47-34)42(13-3,14-4)36-26-25-35(41)48-36/h21-30,46-47H,11-20H2,1-10H3. The summed E-state index contributed by atoms with van der Waals surface area (Å²) >= 11 is 0. The Bertz CT molecular complexity index is 1430. The molecule has 0 radical (unpaired) electrons. The van der Waals surface area contributed by atoms with Gasteiger partial charge in [-0.3, -0.25) is 0 Å². The maximum absolute atomic E-state index is 7.12. The number of aromatic nitrogens is 2. The molecule has 6 heterocycles. The van der Waals surface area contributed by atoms with E-state index >= 15 is 0 Å². The second kappa shape index (κ2) is 13.5. The zero-order valence-corrected chi connectivity index (χ0v) is 32.6. The number of furan rings is 3. The number of hydrogen-bond acceptors (Lipinski definition) is 3. The van der Waals surface area contributed by atoms with Gasteiger partial charge in [0.05, 0.1) is 27.1 Å². The Morgan fingerprint density at radius 3 is 0.660 bits per heavy atom. The zero-order chi connectivity index (χ0) is 36.0. The topological polar surface area (TPSA) is 71.0 Å². The molecule has 0 aliphatic carbocycles. The van der Waals surface area contributed by atoms with Crippen LogP contribution in [-0.4, -0.2) is 9.97 Å². The molecule has 6 rings (SSSR count). The van der Waals surface area contributed by atoms with Crippen LogP contribution in [-0.2, 0) is 27.1 Å². The van der Waals surface area contributed by atoms with Crippen LogP contribution in [0.2, 0.25) is 0 Å². The molecular formula is C45H62N2O3. The molecule has 1 aliphatic heterocycles. The Hall–Kier alpha value is -3.60. The minimum Gasteiger partial charge on any atom is -0.464 e. The summed E-state index contributed by atoms with van der Waals surface area (Å²) in [5.74, 6) is 6.08. The van der Waals surface area contributed by atoms with Crippen LogP contribution in [0.25, 0.3) is 0 Å². The van der Waals surface area contributed by atoms with Crippen molar-refractivity contribution >= 4 is 0 Å². The van der Waals surface area contributed by atoms with Crippen LogP contribution in [0.4, 0.5) is 0 Å². The lowest BCUT2D eigenvalue weighted by Crippen LogP contribution is -2.30. The van der Waals surface area contributed by atoms with Gasteiger partial charge in [0.15, 0.2) is 0 Å². The minimum absolute atomic E-state index is 0.276. The average Bonchev–Trinajstić information content (AvgIpc) is 4.01. The average molecular weight is 679 g/mol. The van der Waals surface area contributed by atoms with Crippen LogP contribution in [0, 0.1) is 0 Å². The van der Waals surface area contributed by atoms with Crippen molar-refractivity contribution < 1.29 is 13.3 Å². The molecule has 0 amide bonds. The lowest BCUT2D eigenvalue weighted by atomic mass is 9.76. The van der Waals surface area contributed by atoms with Crippen molar-refractivity contribution in [2.45, 2.75) is 161 Å². The SMILES string of the molecule is CCC1(CC)c2ccc([nH]2)C(CC)(CC)c2ccc(o2)C(CC)(CC)c2ccc(o2)C(CC)(CC)c2ccc([nH]2)C(CC)(CC)c2ccc1o2. The number of nitrogens with one attached hydrogen (secondary N) is 2. The Kier molecular flexibility index (Phi) is 9.78. The van der Waals surface area contributed by atoms with Crippen LogP contribution in [0.5, 0.6) is 0 Å². The summed E-state index contributed by atoms with van der Waals surface area (Å²) in [7, 11) is 0. The highest BCUT2D eigenvalue weighted by molar-refractivity contribution is 5.43. The smallest absolute Gasteiger partial charge is 0.117 e. The molecule has 5 aromatic heterocycles. The maximum Gasteiger partial charge on any atom is 0.117 e. The Morgan fingerprint density at radius 2 is 0.480 bits per heavy atom. The van der Waals surface area contributed by atoms with Gasteiger partial charge in [0.25, 0.3) is 0 Å². The molecule has 0 atom stereocenters. The summed E-state index contributed by atoms with van der Waals surface area (Å²) in [6.45, 7) is 22.9. The van der Waals surface area contributed by atoms with E-state index < -0.39 is 0 Å². The molecule has 0 saturated carbocycles. The van der Waals surface area contributed by atoms with Crippen molar-refractivity contribution in [1.29, 1.82) is 0 Å². The zero-order valence-electron chi connectivity index (χ0n) is 32.6. The molecule has 0 saturated heterocycles. The molecule has 10 bridgehead atoms. The van der Waals surface area contributed by atoms with E-state index in [9.17, 15) is 0 Å². The van der Waals surface area contributed by atoms with Crippen LogP contribution >= 0.6 is 0 Å². The summed E-state index contributed by atoms with van der Waals surface area (Å²) in [6.07, 6.45) is 9.17. The Labute approximate surface area is 301 Å². The van der Waals surface area contributed by atoms with Gasteiger partial charge in [-0.25, -0.2) is 0 Å². The molecule has 0 unspecified atom stereocenters. The molecular weight excluding hydrogens is 617 g/mol. The van der Waals surface area contributed by atoms with Crippen molar-refractivity contribution in [1.82, 2.24) is 9.97 Å². The summed E-state index contributed by atoms with van der Waals surface area (Å²) in [4.78, 5) is 7.99. The first kappa shape index (κ1) is 36.2. The Morgan fingerprint density at radius 1 is 0.300 bits per heavy atom.